The van der Waals surface area contributed by atoms with Crippen molar-refractivity contribution in [2.75, 3.05) is 5.32 Å². The molecule has 0 radical (unpaired) electrons. The number of anilines is 1. The third-order valence-corrected chi connectivity index (χ3v) is 5.99. The van der Waals surface area contributed by atoms with Gasteiger partial charge in [0.2, 0.25) is 0 Å². The predicted molar refractivity (Wildman–Crippen MR) is 121 cm³/mol. The molecule has 0 aliphatic carbocycles. The lowest BCUT2D eigenvalue weighted by Crippen LogP contribution is -2.41. The van der Waals surface area contributed by atoms with Crippen LogP contribution in [0.1, 0.15) is 38.1 Å². The molecule has 0 atom stereocenters. The topological polar surface area (TPSA) is 74.5 Å². The van der Waals surface area contributed by atoms with Crippen LogP contribution in [0, 0.1) is 0 Å². The number of nitrogens with one attached hydrogen (secondary N) is 1. The Kier molecular flexibility index (Phi) is 5.15. The maximum atomic E-state index is 12.8. The Balaban J connectivity index is 1.51. The van der Waals surface area contributed by atoms with Crippen LogP contribution in [-0.2, 0) is 16.4 Å². The molecule has 0 spiro atoms. The second-order valence-electron chi connectivity index (χ2n) is 8.73. The minimum atomic E-state index is -0.470. The maximum absolute atomic E-state index is 12.8. The largest absolute Gasteiger partial charge is 0.494 e. The van der Waals surface area contributed by atoms with Crippen molar-refractivity contribution in [3.8, 4) is 5.69 Å². The highest BCUT2D eigenvalue weighted by molar-refractivity contribution is 6.62. The molecule has 1 aliphatic rings. The summed E-state index contributed by atoms with van der Waals surface area (Å²) in [5.74, 6) is -0.460. The zero-order chi connectivity index (χ0) is 22.4. The van der Waals surface area contributed by atoms with Crippen LogP contribution in [0.2, 0.25) is 0 Å². The van der Waals surface area contributed by atoms with Crippen molar-refractivity contribution in [1.82, 2.24) is 9.36 Å². The van der Waals surface area contributed by atoms with Gasteiger partial charge < -0.3 is 14.6 Å². The van der Waals surface area contributed by atoms with E-state index >= 15 is 0 Å². The number of carbonyl (C=O) groups is 1. The number of aryl methyl sites for hydroxylation is 1. The average Bonchev–Trinajstić information content (AvgIpc) is 3.14. The Labute approximate surface area is 181 Å². The van der Waals surface area contributed by atoms with Crippen LogP contribution in [0.5, 0.6) is 0 Å². The molecule has 8 heteroatoms. The summed E-state index contributed by atoms with van der Waals surface area (Å²) in [7, 11) is 1.26. The fraction of sp³-hybridized carbons (Fsp3) is 0.304. The van der Waals surface area contributed by atoms with E-state index in [4.69, 9.17) is 9.31 Å². The Hall–Kier alpha value is -3.10. The van der Waals surface area contributed by atoms with E-state index in [-0.39, 0.29) is 11.1 Å². The van der Waals surface area contributed by atoms with Crippen molar-refractivity contribution in [3.63, 3.8) is 0 Å². The van der Waals surface area contributed by atoms with Crippen molar-refractivity contribution in [2.24, 2.45) is 7.05 Å². The Morgan fingerprint density at radius 2 is 1.52 bits per heavy atom. The number of carbonyl (C=O) groups excluding carboxylic acids is 1. The van der Waals surface area contributed by atoms with Crippen LogP contribution < -0.4 is 16.3 Å². The molecular formula is C23H26BN3O4. The van der Waals surface area contributed by atoms with Gasteiger partial charge in [-0.25, -0.2) is 4.68 Å². The molecule has 0 unspecified atom stereocenters. The highest BCUT2D eigenvalue weighted by Crippen LogP contribution is 2.36. The summed E-state index contributed by atoms with van der Waals surface area (Å²) in [6, 6.07) is 16.4. The first kappa shape index (κ1) is 21.1. The molecule has 7 nitrogen and oxygen atoms in total. The van der Waals surface area contributed by atoms with Gasteiger partial charge in [-0.2, -0.15) is 0 Å². The third-order valence-electron chi connectivity index (χ3n) is 5.99. The molecular weight excluding hydrogens is 393 g/mol. The fourth-order valence-electron chi connectivity index (χ4n) is 3.48. The van der Waals surface area contributed by atoms with Crippen LogP contribution in [0.25, 0.3) is 5.69 Å². The molecule has 1 amide bonds. The van der Waals surface area contributed by atoms with Gasteiger partial charge in [0.1, 0.15) is 5.56 Å². The summed E-state index contributed by atoms with van der Waals surface area (Å²) in [5, 5.41) is 2.79. The van der Waals surface area contributed by atoms with Gasteiger partial charge in [-0.3, -0.25) is 14.3 Å². The van der Waals surface area contributed by atoms with Crippen LogP contribution >= 0.6 is 0 Å². The maximum Gasteiger partial charge on any atom is 0.494 e. The Bertz CT molecular complexity index is 1150. The molecule has 1 saturated heterocycles. The predicted octanol–water partition coefficient (Wildman–Crippen LogP) is 2.73. The van der Waals surface area contributed by atoms with Crippen molar-refractivity contribution in [2.45, 2.75) is 38.9 Å². The van der Waals surface area contributed by atoms with Gasteiger partial charge in [0.25, 0.3) is 11.5 Å². The normalized spacial score (nSPS) is 17.0. The smallest absolute Gasteiger partial charge is 0.399 e. The van der Waals surface area contributed by atoms with E-state index in [9.17, 15) is 9.59 Å². The van der Waals surface area contributed by atoms with E-state index in [2.05, 4.69) is 5.32 Å². The van der Waals surface area contributed by atoms with Crippen LogP contribution in [0.15, 0.2) is 65.6 Å². The SMILES string of the molecule is Cn1cc(C(=O)Nc2ccc(B3OC(C)(C)C(C)(C)O3)cc2)c(=O)n1-c1ccccc1. The van der Waals surface area contributed by atoms with Crippen LogP contribution in [0.3, 0.4) is 0 Å². The highest BCUT2D eigenvalue weighted by atomic mass is 16.7. The fourth-order valence-corrected chi connectivity index (χ4v) is 3.48. The van der Waals surface area contributed by atoms with Crippen molar-refractivity contribution < 1.29 is 14.1 Å². The second-order valence-corrected chi connectivity index (χ2v) is 8.73. The molecule has 2 heterocycles. The number of nitrogens with zero attached hydrogens (tertiary/aromatic N) is 2. The molecule has 0 bridgehead atoms. The summed E-state index contributed by atoms with van der Waals surface area (Å²) >= 11 is 0. The zero-order valence-electron chi connectivity index (χ0n) is 18.4. The first-order valence-electron chi connectivity index (χ1n) is 10.2. The summed E-state index contributed by atoms with van der Waals surface area (Å²) in [6.45, 7) is 8.01. The Morgan fingerprint density at radius 3 is 2.10 bits per heavy atom. The molecule has 31 heavy (non-hydrogen) atoms. The molecule has 1 N–H and O–H groups in total. The molecule has 2 aromatic carbocycles. The minimum absolute atomic E-state index is 0.0707. The number of benzene rings is 2. The van der Waals surface area contributed by atoms with Gasteiger partial charge in [0.15, 0.2) is 0 Å². The van der Waals surface area contributed by atoms with Crippen molar-refractivity contribution in [3.05, 3.63) is 76.7 Å². The average molecular weight is 419 g/mol. The summed E-state index contributed by atoms with van der Waals surface area (Å²) < 4.78 is 15.2. The number of para-hydroxylation sites is 1. The third kappa shape index (κ3) is 3.84. The monoisotopic (exact) mass is 419 g/mol. The van der Waals surface area contributed by atoms with Crippen molar-refractivity contribution >= 4 is 24.2 Å². The van der Waals surface area contributed by atoms with Crippen LogP contribution in [0.4, 0.5) is 5.69 Å². The quantitative estimate of drug-likeness (QED) is 0.660. The molecule has 1 aromatic heterocycles. The van der Waals surface area contributed by atoms with E-state index in [0.717, 1.165) is 5.46 Å². The van der Waals surface area contributed by atoms with Gasteiger partial charge in [-0.05, 0) is 57.4 Å². The van der Waals surface area contributed by atoms with Gasteiger partial charge >= 0.3 is 7.12 Å². The van der Waals surface area contributed by atoms with E-state index in [1.54, 1.807) is 23.9 Å². The lowest BCUT2D eigenvalue weighted by Gasteiger charge is -2.32. The second kappa shape index (κ2) is 7.55. The Morgan fingerprint density at radius 1 is 0.935 bits per heavy atom. The molecule has 3 aromatic rings. The number of hydrogen-bond donors (Lipinski definition) is 1. The zero-order valence-corrected chi connectivity index (χ0v) is 18.4. The molecule has 1 aliphatic heterocycles. The number of rotatable bonds is 4. The van der Waals surface area contributed by atoms with Crippen LogP contribution in [-0.4, -0.2) is 33.6 Å². The van der Waals surface area contributed by atoms with E-state index in [0.29, 0.717) is 11.4 Å². The highest BCUT2D eigenvalue weighted by Gasteiger charge is 2.51. The summed E-state index contributed by atoms with van der Waals surface area (Å²) in [5.41, 5.74) is 0.998. The first-order valence-corrected chi connectivity index (χ1v) is 10.2. The van der Waals surface area contributed by atoms with E-state index in [1.165, 1.54) is 10.9 Å². The lowest BCUT2D eigenvalue weighted by molar-refractivity contribution is 0.00578. The first-order chi connectivity index (χ1) is 14.6. The standard InChI is InChI=1S/C23H26BN3O4/c1-22(2)23(3,4)31-24(30-22)16-11-13-17(14-12-16)25-20(28)19-15-26(5)27(21(19)29)18-9-7-6-8-10-18/h6-15H,1-5H3,(H,25,28). The molecule has 0 saturated carbocycles. The molecule has 4 rings (SSSR count). The minimum Gasteiger partial charge on any atom is -0.399 e. The van der Waals surface area contributed by atoms with Gasteiger partial charge in [-0.15, -0.1) is 0 Å². The molecule has 1 fully saturated rings. The van der Waals surface area contributed by atoms with E-state index in [1.807, 2.05) is 70.2 Å². The van der Waals surface area contributed by atoms with Gasteiger partial charge in [0.05, 0.1) is 16.9 Å². The van der Waals surface area contributed by atoms with Gasteiger partial charge in [0, 0.05) is 18.9 Å². The lowest BCUT2D eigenvalue weighted by atomic mass is 9.79. The van der Waals surface area contributed by atoms with Crippen molar-refractivity contribution in [1.29, 1.82) is 0 Å². The summed E-state index contributed by atoms with van der Waals surface area (Å²) in [6.07, 6.45) is 1.53. The van der Waals surface area contributed by atoms with E-state index < -0.39 is 24.2 Å². The van der Waals surface area contributed by atoms with Gasteiger partial charge in [-0.1, -0.05) is 30.3 Å². The number of amides is 1. The number of hydrogen-bond acceptors (Lipinski definition) is 4. The number of aromatic nitrogens is 2. The summed E-state index contributed by atoms with van der Waals surface area (Å²) in [4.78, 5) is 25.6. The molecule has 160 valence electrons.